The molecule has 0 radical (unpaired) electrons. The highest BCUT2D eigenvalue weighted by atomic mass is 16.5. The molecule has 0 heterocycles. The van der Waals surface area contributed by atoms with Crippen LogP contribution in [0.15, 0.2) is 48.5 Å². The van der Waals surface area contributed by atoms with Gasteiger partial charge in [0.1, 0.15) is 5.75 Å². The molecular formula is C43H66O2. The molecule has 5 rings (SSSR count). The number of phenols is 1. The van der Waals surface area contributed by atoms with Crippen LogP contribution in [-0.2, 0) is 17.8 Å². The summed E-state index contributed by atoms with van der Waals surface area (Å²) in [6.07, 6.45) is 29.2. The van der Waals surface area contributed by atoms with Crippen LogP contribution in [-0.4, -0.2) is 11.7 Å². The third-order valence-electron chi connectivity index (χ3n) is 12.8. The molecule has 0 aromatic heterocycles. The van der Waals surface area contributed by atoms with Gasteiger partial charge in [0.05, 0.1) is 6.61 Å². The van der Waals surface area contributed by atoms with E-state index >= 15 is 0 Å². The van der Waals surface area contributed by atoms with Crippen LogP contribution in [0.1, 0.15) is 165 Å². The Kier molecular flexibility index (Phi) is 13.8. The van der Waals surface area contributed by atoms with Crippen molar-refractivity contribution < 1.29 is 9.84 Å². The molecule has 0 aliphatic heterocycles. The lowest BCUT2D eigenvalue weighted by Gasteiger charge is -2.54. The number of fused-ring (bicyclic) bond motifs is 5. The Hall–Kier alpha value is -1.80. The number of rotatable bonds is 20. The van der Waals surface area contributed by atoms with Gasteiger partial charge in [0.25, 0.3) is 0 Å². The summed E-state index contributed by atoms with van der Waals surface area (Å²) in [7, 11) is 0. The Balaban J connectivity index is 0.899. The lowest BCUT2D eigenvalue weighted by Crippen LogP contribution is -2.46. The van der Waals surface area contributed by atoms with E-state index in [2.05, 4.69) is 56.3 Å². The highest BCUT2D eigenvalue weighted by Gasteiger charge is 2.56. The largest absolute Gasteiger partial charge is 0.508 e. The van der Waals surface area contributed by atoms with E-state index in [0.29, 0.717) is 11.2 Å². The van der Waals surface area contributed by atoms with Gasteiger partial charge in [-0.1, -0.05) is 140 Å². The van der Waals surface area contributed by atoms with Gasteiger partial charge in [0.15, 0.2) is 0 Å². The van der Waals surface area contributed by atoms with E-state index in [9.17, 15) is 5.11 Å². The van der Waals surface area contributed by atoms with Crippen molar-refractivity contribution in [2.75, 3.05) is 6.61 Å². The zero-order valence-electron chi connectivity index (χ0n) is 29.1. The van der Waals surface area contributed by atoms with Crippen molar-refractivity contribution in [1.29, 1.82) is 0 Å². The molecule has 6 atom stereocenters. The van der Waals surface area contributed by atoms with E-state index in [-0.39, 0.29) is 0 Å². The highest BCUT2D eigenvalue weighted by molar-refractivity contribution is 5.40. The predicted molar refractivity (Wildman–Crippen MR) is 191 cm³/mol. The second-order valence-electron chi connectivity index (χ2n) is 15.6. The fraction of sp³-hybridized carbons (Fsp3) is 0.721. The Bertz CT molecular complexity index is 1110. The molecule has 2 aromatic rings. The molecule has 0 spiro atoms. The molecule has 0 amide bonds. The Labute approximate surface area is 277 Å². The lowest BCUT2D eigenvalue weighted by molar-refractivity contribution is -0.00199. The molecule has 3 aliphatic rings. The first-order valence-electron chi connectivity index (χ1n) is 19.5. The van der Waals surface area contributed by atoms with Crippen molar-refractivity contribution in [3.8, 4) is 5.75 Å². The summed E-state index contributed by atoms with van der Waals surface area (Å²) in [5.41, 5.74) is 4.91. The zero-order chi connectivity index (χ0) is 31.3. The van der Waals surface area contributed by atoms with Crippen LogP contribution in [0, 0.1) is 29.1 Å². The average molecular weight is 615 g/mol. The molecule has 2 saturated carbocycles. The van der Waals surface area contributed by atoms with Gasteiger partial charge < -0.3 is 9.84 Å². The number of ether oxygens (including phenoxy) is 1. The molecule has 250 valence electrons. The summed E-state index contributed by atoms with van der Waals surface area (Å²) in [5.74, 6) is 4.74. The van der Waals surface area contributed by atoms with E-state index in [0.717, 1.165) is 42.8 Å². The molecule has 0 saturated heterocycles. The van der Waals surface area contributed by atoms with Crippen molar-refractivity contribution in [1.82, 2.24) is 0 Å². The molecule has 2 heteroatoms. The molecule has 3 aliphatic carbocycles. The van der Waals surface area contributed by atoms with E-state index in [4.69, 9.17) is 4.74 Å². The quantitative estimate of drug-likeness (QED) is 0.150. The van der Waals surface area contributed by atoms with Crippen molar-refractivity contribution in [2.24, 2.45) is 29.1 Å². The van der Waals surface area contributed by atoms with Gasteiger partial charge in [0.2, 0.25) is 0 Å². The fourth-order valence-electron chi connectivity index (χ4n) is 10.3. The van der Waals surface area contributed by atoms with Gasteiger partial charge >= 0.3 is 0 Å². The van der Waals surface area contributed by atoms with Gasteiger partial charge in [0, 0.05) is 6.61 Å². The average Bonchev–Trinajstić information content (AvgIpc) is 3.40. The highest BCUT2D eigenvalue weighted by Crippen LogP contribution is 2.65. The predicted octanol–water partition coefficient (Wildman–Crippen LogP) is 12.6. The van der Waals surface area contributed by atoms with E-state index in [1.807, 2.05) is 6.07 Å². The number of hydrogen-bond acceptors (Lipinski definition) is 2. The Morgan fingerprint density at radius 1 is 0.756 bits per heavy atom. The standard InChI is InChI=1S/C43H66O2/c1-3-37-24-27-41-42-35(31-36-32-38(44)25-26-39(36)40(42)28-29-43(37,41)2)23-19-14-12-10-8-6-4-5-7-9-11-13-15-20-30-45-33-34-21-17-16-18-22-34/h16-18,21-22,25-26,32,35,37,40-42,44H,3-15,19-20,23-24,27-31,33H2,1-2H3/t35-,37+,40?,41?,42?,43-/m1/s1. The molecule has 1 N–H and O–H groups in total. The molecule has 2 aromatic carbocycles. The summed E-state index contributed by atoms with van der Waals surface area (Å²) >= 11 is 0. The summed E-state index contributed by atoms with van der Waals surface area (Å²) < 4.78 is 5.81. The monoisotopic (exact) mass is 615 g/mol. The molecule has 3 unspecified atom stereocenters. The first-order valence-corrected chi connectivity index (χ1v) is 19.5. The summed E-state index contributed by atoms with van der Waals surface area (Å²) in [5, 5.41) is 10.3. The number of hydrogen-bond donors (Lipinski definition) is 1. The number of phenolic OH excluding ortho intramolecular Hbond substituents is 1. The van der Waals surface area contributed by atoms with Crippen LogP contribution in [0.25, 0.3) is 0 Å². The molecular weight excluding hydrogens is 548 g/mol. The third-order valence-corrected chi connectivity index (χ3v) is 12.8. The van der Waals surface area contributed by atoms with Crippen molar-refractivity contribution in [3.05, 3.63) is 65.2 Å². The van der Waals surface area contributed by atoms with Crippen LogP contribution in [0.2, 0.25) is 0 Å². The van der Waals surface area contributed by atoms with Crippen LogP contribution >= 0.6 is 0 Å². The van der Waals surface area contributed by atoms with Crippen LogP contribution in [0.3, 0.4) is 0 Å². The van der Waals surface area contributed by atoms with Crippen molar-refractivity contribution >= 4 is 0 Å². The Morgan fingerprint density at radius 3 is 2.07 bits per heavy atom. The summed E-state index contributed by atoms with van der Waals surface area (Å²) in [6, 6.07) is 16.9. The van der Waals surface area contributed by atoms with Gasteiger partial charge in [-0.3, -0.25) is 0 Å². The first kappa shape index (κ1) is 34.5. The number of benzene rings is 2. The van der Waals surface area contributed by atoms with Crippen molar-refractivity contribution in [2.45, 2.75) is 161 Å². The SMILES string of the molecule is CC[C@H]1CCC2C3C(CC[C@@]21C)c1ccc(O)cc1C[C@H]3CCCCCCCCCCCCCCCCOCc1ccccc1. The zero-order valence-corrected chi connectivity index (χ0v) is 29.1. The van der Waals surface area contributed by atoms with Crippen LogP contribution in [0.4, 0.5) is 0 Å². The lowest BCUT2D eigenvalue weighted by atomic mass is 9.51. The normalized spacial score (nSPS) is 27.2. The van der Waals surface area contributed by atoms with E-state index in [1.165, 1.54) is 146 Å². The second-order valence-corrected chi connectivity index (χ2v) is 15.6. The number of aromatic hydroxyl groups is 1. The number of unbranched alkanes of at least 4 members (excludes halogenated alkanes) is 13. The second kappa shape index (κ2) is 17.9. The maximum absolute atomic E-state index is 10.3. The summed E-state index contributed by atoms with van der Waals surface area (Å²) in [6.45, 7) is 6.76. The molecule has 0 bridgehead atoms. The smallest absolute Gasteiger partial charge is 0.115 e. The Morgan fingerprint density at radius 2 is 1.40 bits per heavy atom. The van der Waals surface area contributed by atoms with Gasteiger partial charge in [-0.15, -0.1) is 0 Å². The maximum atomic E-state index is 10.3. The minimum absolute atomic E-state index is 0.467. The van der Waals surface area contributed by atoms with Gasteiger partial charge in [-0.05, 0) is 109 Å². The van der Waals surface area contributed by atoms with Gasteiger partial charge in [-0.2, -0.15) is 0 Å². The van der Waals surface area contributed by atoms with Crippen LogP contribution < -0.4 is 0 Å². The minimum Gasteiger partial charge on any atom is -0.508 e. The third kappa shape index (κ3) is 9.39. The van der Waals surface area contributed by atoms with Gasteiger partial charge in [-0.25, -0.2) is 0 Å². The van der Waals surface area contributed by atoms with E-state index < -0.39 is 0 Å². The minimum atomic E-state index is 0.467. The van der Waals surface area contributed by atoms with Crippen LogP contribution in [0.5, 0.6) is 5.75 Å². The molecule has 2 fully saturated rings. The topological polar surface area (TPSA) is 29.5 Å². The maximum Gasteiger partial charge on any atom is 0.115 e. The fourth-order valence-corrected chi connectivity index (χ4v) is 10.3. The summed E-state index contributed by atoms with van der Waals surface area (Å²) in [4.78, 5) is 0. The van der Waals surface area contributed by atoms with Crippen molar-refractivity contribution in [3.63, 3.8) is 0 Å². The molecule has 2 nitrogen and oxygen atoms in total. The molecule has 45 heavy (non-hydrogen) atoms. The van der Waals surface area contributed by atoms with E-state index in [1.54, 1.807) is 5.56 Å². The first-order chi connectivity index (χ1) is 22.1.